The minimum Gasteiger partial charge on any atom is -0.373 e. The zero-order chi connectivity index (χ0) is 23.1. The molecule has 10 nitrogen and oxygen atoms in total. The number of fused-ring (bicyclic) bond motifs is 1. The van der Waals surface area contributed by atoms with Crippen molar-refractivity contribution in [1.29, 1.82) is 0 Å². The third kappa shape index (κ3) is 4.72. The second-order valence-corrected chi connectivity index (χ2v) is 11.1. The van der Waals surface area contributed by atoms with Crippen LogP contribution in [0.5, 0.6) is 0 Å². The number of piperidine rings is 2. The van der Waals surface area contributed by atoms with E-state index in [9.17, 15) is 18.0 Å². The first-order valence-electron chi connectivity index (χ1n) is 11.5. The minimum absolute atomic E-state index is 0.0255. The van der Waals surface area contributed by atoms with Gasteiger partial charge in [-0.2, -0.15) is 0 Å². The van der Waals surface area contributed by atoms with E-state index < -0.39 is 15.6 Å². The van der Waals surface area contributed by atoms with Crippen molar-refractivity contribution in [2.45, 2.75) is 54.4 Å². The molecule has 11 heteroatoms. The van der Waals surface area contributed by atoms with Gasteiger partial charge >= 0.3 is 6.03 Å². The molecule has 33 heavy (non-hydrogen) atoms. The molecule has 2 N–H and O–H groups in total. The van der Waals surface area contributed by atoms with E-state index in [1.54, 1.807) is 35.2 Å². The Bertz CT molecular complexity index is 995. The van der Waals surface area contributed by atoms with Gasteiger partial charge in [0, 0.05) is 32.2 Å². The van der Waals surface area contributed by atoms with Gasteiger partial charge in [0.2, 0.25) is 15.9 Å². The van der Waals surface area contributed by atoms with E-state index in [4.69, 9.17) is 9.47 Å². The highest BCUT2D eigenvalue weighted by Gasteiger charge is 2.45. The summed E-state index contributed by atoms with van der Waals surface area (Å²) >= 11 is 0. The van der Waals surface area contributed by atoms with Gasteiger partial charge in [0.05, 0.1) is 29.2 Å². The number of benzene rings is 1. The Morgan fingerprint density at radius 1 is 1.12 bits per heavy atom. The van der Waals surface area contributed by atoms with Gasteiger partial charge in [-0.15, -0.1) is 0 Å². The number of carbonyl (C=O) groups is 2. The average molecular weight is 479 g/mol. The highest BCUT2D eigenvalue weighted by Crippen LogP contribution is 2.36. The molecular formula is C22H30N4O6S. The quantitative estimate of drug-likeness (QED) is 0.645. The first kappa shape index (κ1) is 22.6. The molecule has 0 bridgehead atoms. The zero-order valence-corrected chi connectivity index (χ0v) is 19.3. The van der Waals surface area contributed by atoms with E-state index in [1.807, 2.05) is 4.90 Å². The first-order chi connectivity index (χ1) is 15.8. The van der Waals surface area contributed by atoms with Crippen molar-refractivity contribution in [3.63, 3.8) is 0 Å². The monoisotopic (exact) mass is 478 g/mol. The molecule has 4 saturated heterocycles. The van der Waals surface area contributed by atoms with E-state index in [2.05, 4.69) is 10.0 Å². The van der Waals surface area contributed by atoms with Crippen molar-refractivity contribution in [3.8, 4) is 0 Å². The van der Waals surface area contributed by atoms with Gasteiger partial charge in [0.25, 0.3) is 0 Å². The van der Waals surface area contributed by atoms with Crippen molar-refractivity contribution in [2.24, 2.45) is 0 Å². The standard InChI is InChI=1S/C22H30N4O6S/c27-20-15-31-19-6-9-26(13-18(19)23-20)21(28)25-10-7-22(8-11-25)12-16(14-32-22)24-33(29,30)17-4-2-1-3-5-17/h1-5,16,18-19,24H,6-15H2,(H,23,27)/t16-,18?,19?/m0/s1. The third-order valence-corrected chi connectivity index (χ3v) is 8.66. The van der Waals surface area contributed by atoms with Gasteiger partial charge in [-0.1, -0.05) is 18.2 Å². The maximum absolute atomic E-state index is 13.1. The molecule has 1 spiro atoms. The normalized spacial score (nSPS) is 29.6. The summed E-state index contributed by atoms with van der Waals surface area (Å²) in [6.45, 7) is 2.60. The van der Waals surface area contributed by atoms with Crippen LogP contribution in [0.3, 0.4) is 0 Å². The van der Waals surface area contributed by atoms with Gasteiger partial charge < -0.3 is 24.6 Å². The van der Waals surface area contributed by atoms with E-state index in [-0.39, 0.29) is 41.6 Å². The predicted molar refractivity (Wildman–Crippen MR) is 118 cm³/mol. The summed E-state index contributed by atoms with van der Waals surface area (Å²) < 4.78 is 39.7. The van der Waals surface area contributed by atoms with E-state index in [0.717, 1.165) is 0 Å². The van der Waals surface area contributed by atoms with Crippen molar-refractivity contribution in [2.75, 3.05) is 39.4 Å². The van der Waals surface area contributed by atoms with Crippen LogP contribution in [0.15, 0.2) is 35.2 Å². The third-order valence-electron chi connectivity index (χ3n) is 7.12. The molecule has 2 unspecified atom stereocenters. The lowest BCUT2D eigenvalue weighted by molar-refractivity contribution is -0.139. The van der Waals surface area contributed by atoms with Crippen LogP contribution >= 0.6 is 0 Å². The lowest BCUT2D eigenvalue weighted by Crippen LogP contribution is -2.63. The van der Waals surface area contributed by atoms with Crippen LogP contribution < -0.4 is 10.0 Å². The van der Waals surface area contributed by atoms with Crippen molar-refractivity contribution >= 4 is 22.0 Å². The van der Waals surface area contributed by atoms with Crippen LogP contribution in [-0.2, 0) is 24.3 Å². The maximum atomic E-state index is 13.1. The van der Waals surface area contributed by atoms with Crippen molar-refractivity contribution < 1.29 is 27.5 Å². The Morgan fingerprint density at radius 2 is 1.88 bits per heavy atom. The minimum atomic E-state index is -3.59. The van der Waals surface area contributed by atoms with Crippen LogP contribution in [0.2, 0.25) is 0 Å². The number of nitrogens with one attached hydrogen (secondary N) is 2. The lowest BCUT2D eigenvalue weighted by atomic mass is 9.87. The van der Waals surface area contributed by atoms with Gasteiger partial charge in [0.15, 0.2) is 0 Å². The molecule has 0 saturated carbocycles. The Labute approximate surface area is 193 Å². The molecule has 1 aromatic carbocycles. The molecule has 0 radical (unpaired) electrons. The van der Waals surface area contributed by atoms with Gasteiger partial charge in [-0.05, 0) is 37.8 Å². The van der Waals surface area contributed by atoms with Crippen LogP contribution in [0.4, 0.5) is 4.79 Å². The van der Waals surface area contributed by atoms with Crippen molar-refractivity contribution in [1.82, 2.24) is 19.8 Å². The maximum Gasteiger partial charge on any atom is 0.320 e. The summed E-state index contributed by atoms with van der Waals surface area (Å²) in [6, 6.07) is 7.86. The summed E-state index contributed by atoms with van der Waals surface area (Å²) in [5.74, 6) is -0.138. The number of hydrogen-bond acceptors (Lipinski definition) is 6. The number of morpholine rings is 1. The van der Waals surface area contributed by atoms with Crippen LogP contribution in [0.25, 0.3) is 0 Å². The molecule has 3 atom stereocenters. The van der Waals surface area contributed by atoms with E-state index >= 15 is 0 Å². The summed E-state index contributed by atoms with van der Waals surface area (Å²) in [7, 11) is -3.59. The number of sulfonamides is 1. The smallest absolute Gasteiger partial charge is 0.320 e. The molecular weight excluding hydrogens is 448 g/mol. The topological polar surface area (TPSA) is 117 Å². The fraction of sp³-hybridized carbons (Fsp3) is 0.636. The van der Waals surface area contributed by atoms with Gasteiger partial charge in [-0.25, -0.2) is 17.9 Å². The summed E-state index contributed by atoms with van der Waals surface area (Å²) in [6.07, 6.45) is 2.61. The number of ether oxygens (including phenoxy) is 2. The van der Waals surface area contributed by atoms with Gasteiger partial charge in [-0.3, -0.25) is 4.79 Å². The Morgan fingerprint density at radius 3 is 2.64 bits per heavy atom. The number of nitrogens with zero attached hydrogens (tertiary/aromatic N) is 2. The number of carbonyl (C=O) groups excluding carboxylic acids is 2. The van der Waals surface area contributed by atoms with E-state index in [0.29, 0.717) is 58.5 Å². The van der Waals surface area contributed by atoms with Crippen LogP contribution in [0.1, 0.15) is 25.7 Å². The lowest BCUT2D eigenvalue weighted by Gasteiger charge is -2.44. The largest absolute Gasteiger partial charge is 0.373 e. The highest BCUT2D eigenvalue weighted by molar-refractivity contribution is 7.89. The Hall–Kier alpha value is -2.21. The summed E-state index contributed by atoms with van der Waals surface area (Å²) in [5.41, 5.74) is -0.404. The molecule has 5 rings (SSSR count). The molecule has 180 valence electrons. The second-order valence-electron chi connectivity index (χ2n) is 9.36. The number of hydrogen-bond donors (Lipinski definition) is 2. The summed E-state index contributed by atoms with van der Waals surface area (Å²) in [4.78, 5) is 28.6. The molecule has 4 fully saturated rings. The fourth-order valence-electron chi connectivity index (χ4n) is 5.33. The SMILES string of the molecule is O=C1COC2CCN(C(=O)N3CCC4(CC3)C[C@H](NS(=O)(=O)c3ccccc3)CO4)CC2N1. The number of urea groups is 1. The molecule has 0 aliphatic carbocycles. The fourth-order valence-corrected chi connectivity index (χ4v) is 6.58. The Balaban J connectivity index is 1.14. The Kier molecular flexibility index (Phi) is 6.06. The predicted octanol–water partition coefficient (Wildman–Crippen LogP) is 0.298. The van der Waals surface area contributed by atoms with Gasteiger partial charge in [0.1, 0.15) is 6.61 Å². The molecule has 1 aromatic rings. The number of amides is 3. The molecule has 4 aliphatic heterocycles. The zero-order valence-electron chi connectivity index (χ0n) is 18.4. The summed E-state index contributed by atoms with van der Waals surface area (Å²) in [5, 5.41) is 2.93. The molecule has 3 amide bonds. The van der Waals surface area contributed by atoms with E-state index in [1.165, 1.54) is 0 Å². The molecule has 4 heterocycles. The van der Waals surface area contributed by atoms with Crippen molar-refractivity contribution in [3.05, 3.63) is 30.3 Å². The highest BCUT2D eigenvalue weighted by atomic mass is 32.2. The molecule has 0 aromatic heterocycles. The van der Waals surface area contributed by atoms with Crippen LogP contribution in [-0.4, -0.2) is 93.3 Å². The number of likely N-dealkylation sites (tertiary alicyclic amines) is 2. The first-order valence-corrected chi connectivity index (χ1v) is 13.0. The second kappa shape index (κ2) is 8.86. The molecule has 4 aliphatic rings. The average Bonchev–Trinajstić information content (AvgIpc) is 3.20. The number of rotatable bonds is 3. The van der Waals surface area contributed by atoms with Crippen LogP contribution in [0, 0.1) is 0 Å².